The maximum atomic E-state index is 11.8. The van der Waals surface area contributed by atoms with Gasteiger partial charge in [0.15, 0.2) is 0 Å². The van der Waals surface area contributed by atoms with Crippen LogP contribution in [0.25, 0.3) is 0 Å². The lowest BCUT2D eigenvalue weighted by atomic mass is 9.86. The third kappa shape index (κ3) is 5.14. The normalized spacial score (nSPS) is 13.7. The summed E-state index contributed by atoms with van der Waals surface area (Å²) in [7, 11) is 3.44. The van der Waals surface area contributed by atoms with E-state index in [2.05, 4.69) is 0 Å². The lowest BCUT2D eigenvalue weighted by molar-refractivity contribution is -0.133. The number of hydrogen-bond acceptors (Lipinski definition) is 3. The van der Waals surface area contributed by atoms with Crippen LogP contribution >= 0.6 is 0 Å². The highest BCUT2D eigenvalue weighted by atomic mass is 16.5. The van der Waals surface area contributed by atoms with Crippen molar-refractivity contribution in [3.63, 3.8) is 0 Å². The monoisotopic (exact) mass is 216 g/mol. The van der Waals surface area contributed by atoms with Gasteiger partial charge in [-0.25, -0.2) is 0 Å². The van der Waals surface area contributed by atoms with Gasteiger partial charge < -0.3 is 15.4 Å². The minimum absolute atomic E-state index is 0.00129. The Kier molecular flexibility index (Phi) is 5.83. The van der Waals surface area contributed by atoms with Crippen molar-refractivity contribution < 1.29 is 9.53 Å². The quantitative estimate of drug-likeness (QED) is 0.693. The van der Waals surface area contributed by atoms with E-state index in [0.717, 1.165) is 6.42 Å². The largest absolute Gasteiger partial charge is 0.385 e. The van der Waals surface area contributed by atoms with Crippen LogP contribution in [0.4, 0.5) is 0 Å². The van der Waals surface area contributed by atoms with E-state index in [1.165, 1.54) is 0 Å². The van der Waals surface area contributed by atoms with Crippen LogP contribution in [0.15, 0.2) is 0 Å². The SMILES string of the molecule is COCCCN(C)C(=O)[C@H](N)C(C)(C)C. The minimum Gasteiger partial charge on any atom is -0.385 e. The van der Waals surface area contributed by atoms with Gasteiger partial charge >= 0.3 is 0 Å². The number of nitrogens with zero attached hydrogens (tertiary/aromatic N) is 1. The van der Waals surface area contributed by atoms with E-state index in [1.54, 1.807) is 19.1 Å². The molecule has 0 spiro atoms. The number of amides is 1. The van der Waals surface area contributed by atoms with Crippen LogP contribution in [-0.4, -0.2) is 44.2 Å². The van der Waals surface area contributed by atoms with Crippen LogP contribution in [0.1, 0.15) is 27.2 Å². The van der Waals surface area contributed by atoms with Crippen molar-refractivity contribution in [2.45, 2.75) is 33.2 Å². The van der Waals surface area contributed by atoms with Gasteiger partial charge in [-0.3, -0.25) is 4.79 Å². The highest BCUT2D eigenvalue weighted by Crippen LogP contribution is 2.18. The zero-order valence-corrected chi connectivity index (χ0v) is 10.5. The summed E-state index contributed by atoms with van der Waals surface area (Å²) in [6, 6.07) is -0.440. The third-order valence-electron chi connectivity index (χ3n) is 2.42. The fourth-order valence-electron chi connectivity index (χ4n) is 1.16. The molecule has 0 saturated carbocycles. The second-order valence-corrected chi connectivity index (χ2v) is 4.95. The van der Waals surface area contributed by atoms with E-state index in [1.807, 2.05) is 20.8 Å². The van der Waals surface area contributed by atoms with Gasteiger partial charge in [-0.15, -0.1) is 0 Å². The first-order valence-corrected chi connectivity index (χ1v) is 5.30. The molecule has 15 heavy (non-hydrogen) atoms. The van der Waals surface area contributed by atoms with E-state index in [4.69, 9.17) is 10.5 Å². The van der Waals surface area contributed by atoms with E-state index in [9.17, 15) is 4.79 Å². The Balaban J connectivity index is 4.09. The molecule has 2 N–H and O–H groups in total. The highest BCUT2D eigenvalue weighted by Gasteiger charge is 2.29. The number of likely N-dealkylation sites (N-methyl/N-ethyl adjacent to an activating group) is 1. The Morgan fingerprint density at radius 1 is 1.47 bits per heavy atom. The molecular formula is C11H24N2O2. The maximum Gasteiger partial charge on any atom is 0.239 e. The molecule has 90 valence electrons. The molecule has 1 amide bonds. The summed E-state index contributed by atoms with van der Waals surface area (Å²) in [4.78, 5) is 13.5. The van der Waals surface area contributed by atoms with Crippen molar-refractivity contribution in [3.05, 3.63) is 0 Å². The zero-order chi connectivity index (χ0) is 12.1. The lowest BCUT2D eigenvalue weighted by Crippen LogP contribution is -2.49. The average Bonchev–Trinajstić information content (AvgIpc) is 2.14. The standard InChI is InChI=1S/C11H24N2O2/c1-11(2,3)9(12)10(14)13(4)7-6-8-15-5/h9H,6-8,12H2,1-5H3/t9-/m0/s1. The van der Waals surface area contributed by atoms with Gasteiger partial charge in [0.25, 0.3) is 0 Å². The molecule has 0 bridgehead atoms. The third-order valence-corrected chi connectivity index (χ3v) is 2.42. The molecule has 0 saturated heterocycles. The van der Waals surface area contributed by atoms with Crippen molar-refractivity contribution in [2.24, 2.45) is 11.1 Å². The lowest BCUT2D eigenvalue weighted by Gasteiger charge is -2.29. The van der Waals surface area contributed by atoms with Gasteiger partial charge in [0, 0.05) is 27.3 Å². The summed E-state index contributed by atoms with van der Waals surface area (Å²) < 4.78 is 4.93. The first-order valence-electron chi connectivity index (χ1n) is 5.30. The van der Waals surface area contributed by atoms with Crippen LogP contribution in [0, 0.1) is 5.41 Å². The molecule has 0 fully saturated rings. The Bertz CT molecular complexity index is 199. The molecule has 0 aliphatic heterocycles. The van der Waals surface area contributed by atoms with Gasteiger partial charge in [-0.1, -0.05) is 20.8 Å². The van der Waals surface area contributed by atoms with E-state index in [-0.39, 0.29) is 11.3 Å². The van der Waals surface area contributed by atoms with Crippen LogP contribution in [0.3, 0.4) is 0 Å². The predicted molar refractivity (Wildman–Crippen MR) is 61.6 cm³/mol. The van der Waals surface area contributed by atoms with E-state index < -0.39 is 6.04 Å². The number of hydrogen-bond donors (Lipinski definition) is 1. The Morgan fingerprint density at radius 3 is 2.40 bits per heavy atom. The van der Waals surface area contributed by atoms with Crippen molar-refractivity contribution >= 4 is 5.91 Å². The first-order chi connectivity index (χ1) is 6.80. The summed E-state index contributed by atoms with van der Waals surface area (Å²) in [6.45, 7) is 7.27. The second-order valence-electron chi connectivity index (χ2n) is 4.95. The van der Waals surface area contributed by atoms with Crippen molar-refractivity contribution in [3.8, 4) is 0 Å². The number of rotatable bonds is 5. The topological polar surface area (TPSA) is 55.6 Å². The molecule has 0 aliphatic carbocycles. The Hall–Kier alpha value is -0.610. The van der Waals surface area contributed by atoms with Gasteiger partial charge in [0.2, 0.25) is 5.91 Å². The molecule has 0 aromatic rings. The number of carbonyl (C=O) groups excluding carboxylic acids is 1. The summed E-state index contributed by atoms with van der Waals surface area (Å²) >= 11 is 0. The van der Waals surface area contributed by atoms with Gasteiger partial charge in [0.05, 0.1) is 6.04 Å². The molecule has 4 nitrogen and oxygen atoms in total. The molecule has 0 aromatic heterocycles. The second kappa shape index (κ2) is 6.08. The fourth-order valence-corrected chi connectivity index (χ4v) is 1.16. The summed E-state index contributed by atoms with van der Waals surface area (Å²) in [6.07, 6.45) is 0.843. The number of nitrogens with two attached hydrogens (primary N) is 1. The maximum absolute atomic E-state index is 11.8. The summed E-state index contributed by atoms with van der Waals surface area (Å²) in [5.41, 5.74) is 5.69. The number of carbonyl (C=O) groups is 1. The molecule has 0 aromatic carbocycles. The van der Waals surface area contributed by atoms with Crippen LogP contribution in [0.5, 0.6) is 0 Å². The highest BCUT2D eigenvalue weighted by molar-refractivity contribution is 5.82. The molecule has 0 heterocycles. The zero-order valence-electron chi connectivity index (χ0n) is 10.5. The number of ether oxygens (including phenoxy) is 1. The first kappa shape index (κ1) is 14.4. The fraction of sp³-hybridized carbons (Fsp3) is 0.909. The molecule has 0 aliphatic rings. The molecule has 1 atom stereocenters. The molecule has 0 rings (SSSR count). The van der Waals surface area contributed by atoms with Gasteiger partial charge in [0.1, 0.15) is 0 Å². The number of methoxy groups -OCH3 is 1. The summed E-state index contributed by atoms with van der Waals surface area (Å²) in [5, 5.41) is 0. The molecular weight excluding hydrogens is 192 g/mol. The Morgan fingerprint density at radius 2 is 2.00 bits per heavy atom. The van der Waals surface area contributed by atoms with Gasteiger partial charge in [-0.05, 0) is 11.8 Å². The molecule has 4 heteroatoms. The van der Waals surface area contributed by atoms with Crippen molar-refractivity contribution in [1.82, 2.24) is 4.90 Å². The summed E-state index contributed by atoms with van der Waals surface area (Å²) in [5.74, 6) is -0.00129. The predicted octanol–water partition coefficient (Wildman–Crippen LogP) is 0.855. The van der Waals surface area contributed by atoms with Gasteiger partial charge in [-0.2, -0.15) is 0 Å². The smallest absolute Gasteiger partial charge is 0.239 e. The van der Waals surface area contributed by atoms with Crippen molar-refractivity contribution in [1.29, 1.82) is 0 Å². The van der Waals surface area contributed by atoms with E-state index >= 15 is 0 Å². The Labute approximate surface area is 92.8 Å². The average molecular weight is 216 g/mol. The minimum atomic E-state index is -0.440. The van der Waals surface area contributed by atoms with Crippen LogP contribution < -0.4 is 5.73 Å². The van der Waals surface area contributed by atoms with Crippen molar-refractivity contribution in [2.75, 3.05) is 27.3 Å². The van der Waals surface area contributed by atoms with E-state index in [0.29, 0.717) is 13.2 Å². The van der Waals surface area contributed by atoms with Crippen LogP contribution in [-0.2, 0) is 9.53 Å². The van der Waals surface area contributed by atoms with Crippen LogP contribution in [0.2, 0.25) is 0 Å². The molecule has 0 unspecified atom stereocenters. The molecule has 0 radical (unpaired) electrons.